The zero-order chi connectivity index (χ0) is 9.84. The summed E-state index contributed by atoms with van der Waals surface area (Å²) in [6.07, 6.45) is 2.04. The predicted octanol–water partition coefficient (Wildman–Crippen LogP) is 2.81. The van der Waals surface area contributed by atoms with Crippen molar-refractivity contribution in [2.45, 2.75) is 12.2 Å². The summed E-state index contributed by atoms with van der Waals surface area (Å²) in [5, 5.41) is 9.09. The van der Waals surface area contributed by atoms with Crippen LogP contribution in [0.5, 0.6) is 0 Å². The van der Waals surface area contributed by atoms with Crippen LogP contribution in [0.2, 0.25) is 0 Å². The van der Waals surface area contributed by atoms with Crippen LogP contribution in [-0.2, 0) is 0 Å². The SMILES string of the molecule is CSC(C)c1ccc(C(=O)O)cc1. The Balaban J connectivity index is 2.87. The quantitative estimate of drug-likeness (QED) is 0.807. The van der Waals surface area contributed by atoms with E-state index in [1.165, 1.54) is 0 Å². The molecule has 70 valence electrons. The van der Waals surface area contributed by atoms with Crippen LogP contribution >= 0.6 is 11.8 Å². The van der Waals surface area contributed by atoms with E-state index in [4.69, 9.17) is 5.11 Å². The molecular formula is C10H12O2S. The van der Waals surface area contributed by atoms with E-state index in [2.05, 4.69) is 6.92 Å². The molecule has 0 saturated carbocycles. The zero-order valence-corrected chi connectivity index (χ0v) is 8.47. The van der Waals surface area contributed by atoms with E-state index in [0.717, 1.165) is 5.56 Å². The fourth-order valence-corrected chi connectivity index (χ4v) is 1.46. The number of carboxylic acid groups (broad SMARTS) is 1. The largest absolute Gasteiger partial charge is 0.478 e. The van der Waals surface area contributed by atoms with Crippen molar-refractivity contribution in [3.05, 3.63) is 35.4 Å². The summed E-state index contributed by atoms with van der Waals surface area (Å²) in [6.45, 7) is 2.10. The molecule has 0 amide bonds. The molecule has 1 unspecified atom stereocenters. The van der Waals surface area contributed by atoms with Crippen molar-refractivity contribution >= 4 is 17.7 Å². The summed E-state index contributed by atoms with van der Waals surface area (Å²) in [6, 6.07) is 7.02. The van der Waals surface area contributed by atoms with Crippen LogP contribution in [0.15, 0.2) is 24.3 Å². The topological polar surface area (TPSA) is 37.3 Å². The van der Waals surface area contributed by atoms with Gasteiger partial charge in [0.2, 0.25) is 0 Å². The number of rotatable bonds is 3. The summed E-state index contributed by atoms with van der Waals surface area (Å²) < 4.78 is 0. The Kier molecular flexibility index (Phi) is 3.37. The van der Waals surface area contributed by atoms with Crippen molar-refractivity contribution in [1.82, 2.24) is 0 Å². The van der Waals surface area contributed by atoms with Crippen molar-refractivity contribution in [3.8, 4) is 0 Å². The summed E-state index contributed by atoms with van der Waals surface area (Å²) in [5.74, 6) is -0.872. The Morgan fingerprint density at radius 2 is 1.92 bits per heavy atom. The third-order valence-corrected chi connectivity index (χ3v) is 2.96. The van der Waals surface area contributed by atoms with Gasteiger partial charge in [-0.25, -0.2) is 4.79 Å². The summed E-state index contributed by atoms with van der Waals surface area (Å²) >= 11 is 1.74. The molecule has 1 N–H and O–H groups in total. The van der Waals surface area contributed by atoms with Gasteiger partial charge in [-0.1, -0.05) is 12.1 Å². The molecule has 2 nitrogen and oxygen atoms in total. The number of hydrogen-bond acceptors (Lipinski definition) is 2. The molecule has 0 saturated heterocycles. The smallest absolute Gasteiger partial charge is 0.335 e. The molecule has 3 heteroatoms. The highest BCUT2D eigenvalue weighted by Crippen LogP contribution is 2.25. The van der Waals surface area contributed by atoms with E-state index in [-0.39, 0.29) is 0 Å². The molecule has 0 aromatic heterocycles. The molecule has 1 aromatic carbocycles. The van der Waals surface area contributed by atoms with Gasteiger partial charge >= 0.3 is 5.97 Å². The van der Waals surface area contributed by atoms with Gasteiger partial charge in [-0.05, 0) is 30.9 Å². The third kappa shape index (κ3) is 2.49. The average molecular weight is 196 g/mol. The van der Waals surface area contributed by atoms with E-state index >= 15 is 0 Å². The monoisotopic (exact) mass is 196 g/mol. The van der Waals surface area contributed by atoms with Crippen molar-refractivity contribution in [2.75, 3.05) is 6.26 Å². The van der Waals surface area contributed by atoms with Crippen LogP contribution in [0.3, 0.4) is 0 Å². The van der Waals surface area contributed by atoms with E-state index in [0.29, 0.717) is 10.8 Å². The number of carboxylic acids is 1. The van der Waals surface area contributed by atoms with E-state index < -0.39 is 5.97 Å². The molecule has 0 heterocycles. The first-order valence-corrected chi connectivity index (χ1v) is 5.30. The van der Waals surface area contributed by atoms with Gasteiger partial charge in [-0.15, -0.1) is 0 Å². The van der Waals surface area contributed by atoms with Crippen LogP contribution in [-0.4, -0.2) is 17.3 Å². The van der Waals surface area contributed by atoms with Crippen molar-refractivity contribution in [1.29, 1.82) is 0 Å². The lowest BCUT2D eigenvalue weighted by atomic mass is 10.1. The molecule has 0 radical (unpaired) electrons. The van der Waals surface area contributed by atoms with E-state index in [1.807, 2.05) is 18.4 Å². The van der Waals surface area contributed by atoms with Crippen LogP contribution in [0, 0.1) is 0 Å². The summed E-state index contributed by atoms with van der Waals surface area (Å²) in [4.78, 5) is 10.5. The number of benzene rings is 1. The summed E-state index contributed by atoms with van der Waals surface area (Å²) in [5.41, 5.74) is 1.51. The van der Waals surface area contributed by atoms with Crippen molar-refractivity contribution < 1.29 is 9.90 Å². The first-order chi connectivity index (χ1) is 6.15. The lowest BCUT2D eigenvalue weighted by Gasteiger charge is -2.07. The Morgan fingerprint density at radius 3 is 2.31 bits per heavy atom. The molecule has 0 bridgehead atoms. The minimum absolute atomic E-state index is 0.344. The molecule has 0 spiro atoms. The van der Waals surface area contributed by atoms with Crippen molar-refractivity contribution in [3.63, 3.8) is 0 Å². The van der Waals surface area contributed by atoms with Gasteiger partial charge in [0.15, 0.2) is 0 Å². The lowest BCUT2D eigenvalue weighted by molar-refractivity contribution is 0.0697. The van der Waals surface area contributed by atoms with Crippen LogP contribution in [0.25, 0.3) is 0 Å². The fourth-order valence-electron chi connectivity index (χ4n) is 1.03. The average Bonchev–Trinajstić information content (AvgIpc) is 2.17. The molecule has 13 heavy (non-hydrogen) atoms. The number of carbonyl (C=O) groups is 1. The molecular weight excluding hydrogens is 184 g/mol. The van der Waals surface area contributed by atoms with Crippen LogP contribution in [0.1, 0.15) is 28.1 Å². The van der Waals surface area contributed by atoms with E-state index in [9.17, 15) is 4.79 Å². The normalized spacial score (nSPS) is 12.5. The first-order valence-electron chi connectivity index (χ1n) is 4.01. The highest BCUT2D eigenvalue weighted by atomic mass is 32.2. The second kappa shape index (κ2) is 4.33. The second-order valence-electron chi connectivity index (χ2n) is 2.81. The number of aromatic carboxylic acids is 1. The molecule has 1 aromatic rings. The Bertz CT molecular complexity index is 292. The maximum atomic E-state index is 10.5. The fraction of sp³-hybridized carbons (Fsp3) is 0.300. The van der Waals surface area contributed by atoms with Gasteiger partial charge < -0.3 is 5.11 Å². The molecule has 1 atom stereocenters. The Morgan fingerprint density at radius 1 is 1.38 bits per heavy atom. The number of thioether (sulfide) groups is 1. The predicted molar refractivity (Wildman–Crippen MR) is 55.3 cm³/mol. The minimum atomic E-state index is -0.872. The third-order valence-electron chi connectivity index (χ3n) is 1.98. The second-order valence-corrected chi connectivity index (χ2v) is 3.98. The Labute approximate surface area is 82.0 Å². The minimum Gasteiger partial charge on any atom is -0.478 e. The summed E-state index contributed by atoms with van der Waals surface area (Å²) in [7, 11) is 0. The molecule has 0 aliphatic rings. The van der Waals surface area contributed by atoms with Crippen LogP contribution in [0.4, 0.5) is 0 Å². The number of hydrogen-bond donors (Lipinski definition) is 1. The molecule has 0 fully saturated rings. The first kappa shape index (κ1) is 10.1. The maximum Gasteiger partial charge on any atom is 0.335 e. The van der Waals surface area contributed by atoms with Gasteiger partial charge in [0.05, 0.1) is 5.56 Å². The highest BCUT2D eigenvalue weighted by molar-refractivity contribution is 7.98. The molecule has 0 aliphatic heterocycles. The van der Waals surface area contributed by atoms with Gasteiger partial charge in [0.1, 0.15) is 0 Å². The molecule has 1 rings (SSSR count). The maximum absolute atomic E-state index is 10.5. The lowest BCUT2D eigenvalue weighted by Crippen LogP contribution is -1.96. The Hall–Kier alpha value is -0.960. The van der Waals surface area contributed by atoms with Gasteiger partial charge in [0.25, 0.3) is 0 Å². The van der Waals surface area contributed by atoms with Crippen molar-refractivity contribution in [2.24, 2.45) is 0 Å². The van der Waals surface area contributed by atoms with Gasteiger partial charge in [-0.2, -0.15) is 11.8 Å². The van der Waals surface area contributed by atoms with E-state index in [1.54, 1.807) is 23.9 Å². The molecule has 0 aliphatic carbocycles. The van der Waals surface area contributed by atoms with Crippen LogP contribution < -0.4 is 0 Å². The zero-order valence-electron chi connectivity index (χ0n) is 7.65. The van der Waals surface area contributed by atoms with Gasteiger partial charge in [0, 0.05) is 5.25 Å². The standard InChI is InChI=1S/C10H12O2S/c1-7(13-2)8-3-5-9(6-4-8)10(11)12/h3-7H,1-2H3,(H,11,12). The van der Waals surface area contributed by atoms with Gasteiger partial charge in [-0.3, -0.25) is 0 Å². The highest BCUT2D eigenvalue weighted by Gasteiger charge is 2.05.